The van der Waals surface area contributed by atoms with Gasteiger partial charge in [-0.3, -0.25) is 0 Å². The molecule has 0 amide bonds. The van der Waals surface area contributed by atoms with Crippen molar-refractivity contribution in [3.05, 3.63) is 60.4 Å². The summed E-state index contributed by atoms with van der Waals surface area (Å²) in [5, 5.41) is 6.87. The third-order valence-electron chi connectivity index (χ3n) is 2.57. The quantitative estimate of drug-likeness (QED) is 0.598. The van der Waals surface area contributed by atoms with E-state index < -0.39 is 0 Å². The molecule has 0 aliphatic heterocycles. The summed E-state index contributed by atoms with van der Waals surface area (Å²) in [5.41, 5.74) is 1.04. The Kier molecular flexibility index (Phi) is 10.9. The van der Waals surface area contributed by atoms with Gasteiger partial charge in [0, 0.05) is 13.2 Å². The van der Waals surface area contributed by atoms with Crippen LogP contribution >= 0.6 is 0 Å². The minimum absolute atomic E-state index is 0. The molecular formula is C17H22LiNO. The predicted molar refractivity (Wildman–Crippen MR) is 84.2 cm³/mol. The van der Waals surface area contributed by atoms with Crippen molar-refractivity contribution >= 4 is 16.5 Å². The standard InChI is InChI=1S/C13H12N.C4H10O.Li/c1-2-10-14-13-9-5-7-11-6-3-4-8-12(11)13;1-3-5-4-2;/h2-9H,1,10H2;3-4H2,1-2H3;/q-1;;+1. The van der Waals surface area contributed by atoms with Crippen molar-refractivity contribution in [1.82, 2.24) is 0 Å². The Morgan fingerprint density at radius 2 is 1.70 bits per heavy atom. The third-order valence-corrected chi connectivity index (χ3v) is 2.57. The molecule has 2 rings (SSSR count). The Hall–Kier alpha value is -1.20. The van der Waals surface area contributed by atoms with Crippen LogP contribution in [-0.2, 0) is 4.74 Å². The van der Waals surface area contributed by atoms with Crippen molar-refractivity contribution in [2.24, 2.45) is 0 Å². The number of fused-ring (bicyclic) bond motifs is 1. The SMILES string of the molecule is C=CC[N-]c1cccc2ccccc12.CCOCC.[Li+]. The molecule has 0 aromatic heterocycles. The van der Waals surface area contributed by atoms with Crippen LogP contribution in [0.2, 0.25) is 0 Å². The second-order valence-electron chi connectivity index (χ2n) is 3.91. The van der Waals surface area contributed by atoms with Crippen LogP contribution in [0.4, 0.5) is 5.69 Å². The van der Waals surface area contributed by atoms with E-state index in [0.29, 0.717) is 6.54 Å². The zero-order valence-corrected chi connectivity index (χ0v) is 12.8. The van der Waals surface area contributed by atoms with E-state index in [-0.39, 0.29) is 18.9 Å². The van der Waals surface area contributed by atoms with Crippen molar-refractivity contribution in [3.63, 3.8) is 0 Å². The Morgan fingerprint density at radius 1 is 1.05 bits per heavy atom. The Labute approximate surface area is 134 Å². The Morgan fingerprint density at radius 3 is 2.30 bits per heavy atom. The van der Waals surface area contributed by atoms with Crippen molar-refractivity contribution in [1.29, 1.82) is 0 Å². The van der Waals surface area contributed by atoms with Crippen molar-refractivity contribution in [2.75, 3.05) is 19.8 Å². The van der Waals surface area contributed by atoms with E-state index in [2.05, 4.69) is 30.1 Å². The Bertz CT molecular complexity index is 492. The van der Waals surface area contributed by atoms with E-state index in [1.807, 2.05) is 44.2 Å². The second-order valence-corrected chi connectivity index (χ2v) is 3.91. The van der Waals surface area contributed by atoms with Gasteiger partial charge in [0.05, 0.1) is 0 Å². The largest absolute Gasteiger partial charge is 1.00 e. The van der Waals surface area contributed by atoms with E-state index >= 15 is 0 Å². The van der Waals surface area contributed by atoms with Crippen LogP contribution in [0.1, 0.15) is 13.8 Å². The van der Waals surface area contributed by atoms with E-state index in [4.69, 9.17) is 4.74 Å². The summed E-state index contributed by atoms with van der Waals surface area (Å²) in [6.45, 7) is 10.0. The fraction of sp³-hybridized carbons (Fsp3) is 0.294. The molecule has 0 unspecified atom stereocenters. The van der Waals surface area contributed by atoms with E-state index in [1.54, 1.807) is 0 Å². The molecular weight excluding hydrogens is 241 g/mol. The van der Waals surface area contributed by atoms with Crippen LogP contribution in [0.3, 0.4) is 0 Å². The number of benzene rings is 2. The van der Waals surface area contributed by atoms with Gasteiger partial charge in [0.2, 0.25) is 0 Å². The predicted octanol–water partition coefficient (Wildman–Crippen LogP) is 2.08. The maximum absolute atomic E-state index is 4.83. The van der Waals surface area contributed by atoms with Crippen LogP contribution in [0.5, 0.6) is 0 Å². The van der Waals surface area contributed by atoms with Gasteiger partial charge in [-0.2, -0.15) is 0 Å². The molecule has 0 aliphatic rings. The number of rotatable bonds is 5. The topological polar surface area (TPSA) is 23.3 Å². The first-order valence-electron chi connectivity index (χ1n) is 6.67. The molecule has 0 spiro atoms. The average Bonchev–Trinajstić information content (AvgIpc) is 2.46. The van der Waals surface area contributed by atoms with E-state index in [1.165, 1.54) is 10.8 Å². The first kappa shape index (κ1) is 18.8. The molecule has 2 aromatic rings. The van der Waals surface area contributed by atoms with Crippen molar-refractivity contribution < 1.29 is 23.6 Å². The molecule has 2 aromatic carbocycles. The maximum atomic E-state index is 4.83. The van der Waals surface area contributed by atoms with Crippen LogP contribution in [-0.4, -0.2) is 19.8 Å². The van der Waals surface area contributed by atoms with Gasteiger partial charge in [0.15, 0.2) is 0 Å². The number of hydrogen-bond acceptors (Lipinski definition) is 1. The molecule has 102 valence electrons. The zero-order chi connectivity index (χ0) is 13.9. The fourth-order valence-electron chi connectivity index (χ4n) is 1.71. The molecule has 0 N–H and O–H groups in total. The minimum Gasteiger partial charge on any atom is -0.681 e. The smallest absolute Gasteiger partial charge is 0.681 e. The van der Waals surface area contributed by atoms with Gasteiger partial charge in [-0.1, -0.05) is 42.5 Å². The van der Waals surface area contributed by atoms with Crippen molar-refractivity contribution in [2.45, 2.75) is 13.8 Å². The molecule has 0 heterocycles. The van der Waals surface area contributed by atoms with Gasteiger partial charge in [0.1, 0.15) is 0 Å². The molecule has 0 bridgehead atoms. The molecule has 20 heavy (non-hydrogen) atoms. The normalized spacial score (nSPS) is 9.10. The van der Waals surface area contributed by atoms with E-state index in [9.17, 15) is 0 Å². The molecule has 0 aliphatic carbocycles. The summed E-state index contributed by atoms with van der Waals surface area (Å²) in [4.78, 5) is 0. The minimum atomic E-state index is 0. The summed E-state index contributed by atoms with van der Waals surface area (Å²) < 4.78 is 4.83. The fourth-order valence-corrected chi connectivity index (χ4v) is 1.71. The van der Waals surface area contributed by atoms with E-state index in [0.717, 1.165) is 18.9 Å². The van der Waals surface area contributed by atoms with Crippen molar-refractivity contribution in [3.8, 4) is 0 Å². The number of nitrogens with zero attached hydrogens (tertiary/aromatic N) is 1. The molecule has 0 atom stereocenters. The average molecular weight is 263 g/mol. The van der Waals surface area contributed by atoms with Crippen LogP contribution in [0, 0.1) is 0 Å². The summed E-state index contributed by atoms with van der Waals surface area (Å²) in [7, 11) is 0. The second kappa shape index (κ2) is 11.6. The molecule has 3 heteroatoms. The first-order valence-corrected chi connectivity index (χ1v) is 6.67. The summed E-state index contributed by atoms with van der Waals surface area (Å²) in [6.07, 6.45) is 1.81. The Balaban J connectivity index is 0.000000526. The number of hydrogen-bond donors (Lipinski definition) is 0. The van der Waals surface area contributed by atoms with Crippen LogP contribution in [0.15, 0.2) is 55.1 Å². The van der Waals surface area contributed by atoms with Crippen LogP contribution < -0.4 is 18.9 Å². The first-order chi connectivity index (χ1) is 9.33. The van der Waals surface area contributed by atoms with Gasteiger partial charge >= 0.3 is 18.9 Å². The number of ether oxygens (including phenoxy) is 1. The summed E-state index contributed by atoms with van der Waals surface area (Å²) in [6, 6.07) is 14.4. The maximum Gasteiger partial charge on any atom is 1.00 e. The zero-order valence-electron chi connectivity index (χ0n) is 12.8. The summed E-state index contributed by atoms with van der Waals surface area (Å²) in [5.74, 6) is 0. The molecule has 0 saturated heterocycles. The van der Waals surface area contributed by atoms with Crippen LogP contribution in [0.25, 0.3) is 16.1 Å². The third kappa shape index (κ3) is 6.30. The molecule has 0 saturated carbocycles. The molecule has 2 nitrogen and oxygen atoms in total. The summed E-state index contributed by atoms with van der Waals surface area (Å²) >= 11 is 0. The van der Waals surface area contributed by atoms with Gasteiger partial charge in [0.25, 0.3) is 0 Å². The monoisotopic (exact) mass is 263 g/mol. The molecule has 0 fully saturated rings. The molecule has 0 radical (unpaired) electrons. The van der Waals surface area contributed by atoms with Gasteiger partial charge < -0.3 is 10.1 Å². The van der Waals surface area contributed by atoms with Gasteiger partial charge in [-0.15, -0.1) is 24.9 Å². The van der Waals surface area contributed by atoms with Gasteiger partial charge in [-0.25, -0.2) is 0 Å². The van der Waals surface area contributed by atoms with Gasteiger partial charge in [-0.05, 0) is 24.6 Å².